The minimum atomic E-state index is -0.107. The number of Topliss-reactive ketones (excluding diaryl/α,β-unsaturated/α-hetero) is 1. The Bertz CT molecular complexity index is 408. The molecule has 0 aliphatic heterocycles. The number of hydrogen-bond donors (Lipinski definition) is 2. The molecule has 0 heterocycles. The summed E-state index contributed by atoms with van der Waals surface area (Å²) in [7, 11) is 1.49. The molecule has 7 heteroatoms. The molecule has 0 spiro atoms. The van der Waals surface area contributed by atoms with Gasteiger partial charge in [0, 0.05) is 38.5 Å². The monoisotopic (exact) mass is 402 g/mol. The van der Waals surface area contributed by atoms with E-state index >= 15 is 0 Å². The van der Waals surface area contributed by atoms with Crippen molar-refractivity contribution >= 4 is 17.6 Å². The molecule has 7 nitrogen and oxygen atoms in total. The summed E-state index contributed by atoms with van der Waals surface area (Å²) in [5.41, 5.74) is 0. The van der Waals surface area contributed by atoms with Crippen LogP contribution in [0.25, 0.3) is 0 Å². The number of carbonyl (C=O) groups excluding carboxylic acids is 3. The molecule has 2 amide bonds. The van der Waals surface area contributed by atoms with Gasteiger partial charge in [0.15, 0.2) is 0 Å². The highest BCUT2D eigenvalue weighted by atomic mass is 16.5. The van der Waals surface area contributed by atoms with Crippen molar-refractivity contribution in [1.29, 1.82) is 0 Å². The molecular weight excluding hydrogens is 360 g/mol. The van der Waals surface area contributed by atoms with Gasteiger partial charge in [0.1, 0.15) is 12.4 Å². The summed E-state index contributed by atoms with van der Waals surface area (Å²) in [5.74, 6) is 0.129. The normalized spacial score (nSPS) is 17.9. The van der Waals surface area contributed by atoms with Gasteiger partial charge in [-0.25, -0.2) is 0 Å². The topological polar surface area (TPSA) is 93.7 Å². The van der Waals surface area contributed by atoms with Crippen LogP contribution in [0.4, 0.5) is 0 Å². The van der Waals surface area contributed by atoms with E-state index in [4.69, 9.17) is 9.47 Å². The van der Waals surface area contributed by atoms with Gasteiger partial charge < -0.3 is 20.1 Å². The molecule has 166 valence electrons. The summed E-state index contributed by atoms with van der Waals surface area (Å²) < 4.78 is 10.1. The molecule has 1 fully saturated rings. The summed E-state index contributed by atoms with van der Waals surface area (Å²) in [6.07, 6.45) is 4.13. The average Bonchev–Trinajstić information content (AvgIpc) is 2.73. The second-order valence-corrected chi connectivity index (χ2v) is 6.09. The molecule has 0 aromatic heterocycles. The average molecular weight is 403 g/mol. The first-order valence-corrected chi connectivity index (χ1v) is 10.7. The molecule has 0 aromatic carbocycles. The Morgan fingerprint density at radius 1 is 0.964 bits per heavy atom. The number of hydrogen-bond acceptors (Lipinski definition) is 5. The summed E-state index contributed by atoms with van der Waals surface area (Å²) in [5, 5.41) is 5.79. The summed E-state index contributed by atoms with van der Waals surface area (Å²) in [6.45, 7) is 11.2. The molecule has 2 N–H and O–H groups in total. The number of rotatable bonds is 11. The van der Waals surface area contributed by atoms with Gasteiger partial charge >= 0.3 is 0 Å². The van der Waals surface area contributed by atoms with Crippen LogP contribution < -0.4 is 10.6 Å². The molecule has 0 unspecified atom stereocenters. The molecule has 0 aromatic rings. The minimum Gasteiger partial charge on any atom is -0.379 e. The first kappa shape index (κ1) is 28.7. The van der Waals surface area contributed by atoms with Crippen molar-refractivity contribution in [3.63, 3.8) is 0 Å². The maximum Gasteiger partial charge on any atom is 0.246 e. The number of nitrogens with one attached hydrogen (secondary N) is 2. The van der Waals surface area contributed by atoms with E-state index in [9.17, 15) is 14.4 Å². The number of carbonyl (C=O) groups is 3. The fraction of sp³-hybridized carbons (Fsp3) is 0.857. The number of amides is 2. The highest BCUT2D eigenvalue weighted by Gasteiger charge is 2.26. The van der Waals surface area contributed by atoms with Crippen LogP contribution >= 0.6 is 0 Å². The number of ketones is 1. The van der Waals surface area contributed by atoms with Gasteiger partial charge in [0.05, 0.1) is 13.2 Å². The van der Waals surface area contributed by atoms with Crippen LogP contribution in [-0.4, -0.2) is 57.1 Å². The summed E-state index contributed by atoms with van der Waals surface area (Å²) in [4.78, 5) is 34.7. The summed E-state index contributed by atoms with van der Waals surface area (Å²) >= 11 is 0. The Labute approximate surface area is 171 Å². The third-order valence-electron chi connectivity index (χ3n) is 4.20. The molecule has 1 aliphatic carbocycles. The van der Waals surface area contributed by atoms with E-state index in [1.807, 2.05) is 34.6 Å². The predicted molar refractivity (Wildman–Crippen MR) is 112 cm³/mol. The largest absolute Gasteiger partial charge is 0.379 e. The van der Waals surface area contributed by atoms with Gasteiger partial charge in [0.2, 0.25) is 11.8 Å². The fourth-order valence-electron chi connectivity index (χ4n) is 2.76. The van der Waals surface area contributed by atoms with Crippen molar-refractivity contribution < 1.29 is 23.9 Å². The van der Waals surface area contributed by atoms with Crippen LogP contribution in [0, 0.1) is 5.92 Å². The smallest absolute Gasteiger partial charge is 0.246 e. The number of methoxy groups -OCH3 is 1. The van der Waals surface area contributed by atoms with Crippen molar-refractivity contribution in [2.24, 2.45) is 5.92 Å². The van der Waals surface area contributed by atoms with Crippen molar-refractivity contribution in [3.05, 3.63) is 0 Å². The predicted octanol–water partition coefficient (Wildman–Crippen LogP) is 2.86. The van der Waals surface area contributed by atoms with E-state index in [1.54, 1.807) is 0 Å². The lowest BCUT2D eigenvalue weighted by Crippen LogP contribution is -2.42. The first-order valence-electron chi connectivity index (χ1n) is 10.7. The molecule has 0 radical (unpaired) electrons. The van der Waals surface area contributed by atoms with Crippen LogP contribution in [-0.2, 0) is 23.9 Å². The second kappa shape index (κ2) is 20.3. The van der Waals surface area contributed by atoms with E-state index in [-0.39, 0.29) is 36.2 Å². The molecule has 28 heavy (non-hydrogen) atoms. The molecular formula is C21H42N2O5. The molecule has 1 aliphatic rings. The Kier molecular flexibility index (Phi) is 20.8. The Balaban J connectivity index is 0. The number of ether oxygens (including phenoxy) is 2. The van der Waals surface area contributed by atoms with Crippen LogP contribution in [0.2, 0.25) is 0 Å². The van der Waals surface area contributed by atoms with Gasteiger partial charge in [-0.2, -0.15) is 0 Å². The van der Waals surface area contributed by atoms with Crippen molar-refractivity contribution in [2.45, 2.75) is 79.2 Å². The van der Waals surface area contributed by atoms with Gasteiger partial charge in [-0.3, -0.25) is 14.4 Å². The van der Waals surface area contributed by atoms with E-state index in [1.165, 1.54) is 7.11 Å². The molecule has 1 rings (SSSR count). The summed E-state index contributed by atoms with van der Waals surface area (Å²) in [6, 6.07) is 0.135. The standard InChI is InChI=1S/C17H30N2O5.2C2H6/c1-3-15(20)8-10-24-11-9-18-17(22)13-4-6-14(7-5-13)19-16(21)12-23-2;2*1-2/h13-14H,3-12H2,1-2H3,(H,18,22)(H,19,21);2*1-2H3. The third-order valence-corrected chi connectivity index (χ3v) is 4.20. The maximum absolute atomic E-state index is 12.1. The van der Waals surface area contributed by atoms with Gasteiger partial charge in [-0.05, 0) is 25.7 Å². The van der Waals surface area contributed by atoms with E-state index in [0.717, 1.165) is 25.7 Å². The molecule has 1 saturated carbocycles. The maximum atomic E-state index is 12.1. The van der Waals surface area contributed by atoms with E-state index in [0.29, 0.717) is 32.6 Å². The van der Waals surface area contributed by atoms with Gasteiger partial charge in [0.25, 0.3) is 0 Å². The first-order chi connectivity index (χ1) is 13.6. The Morgan fingerprint density at radius 2 is 1.57 bits per heavy atom. The van der Waals surface area contributed by atoms with Crippen LogP contribution in [0.5, 0.6) is 0 Å². The van der Waals surface area contributed by atoms with E-state index in [2.05, 4.69) is 10.6 Å². The highest BCUT2D eigenvalue weighted by molar-refractivity contribution is 5.79. The minimum absolute atomic E-state index is 0.00208. The Morgan fingerprint density at radius 3 is 2.11 bits per heavy atom. The molecule has 0 bridgehead atoms. The lowest BCUT2D eigenvalue weighted by atomic mass is 9.85. The zero-order chi connectivity index (χ0) is 21.8. The van der Waals surface area contributed by atoms with Crippen molar-refractivity contribution in [3.8, 4) is 0 Å². The lowest BCUT2D eigenvalue weighted by molar-refractivity contribution is -0.127. The quantitative estimate of drug-likeness (QED) is 0.518. The second-order valence-electron chi connectivity index (χ2n) is 6.09. The zero-order valence-electron chi connectivity index (χ0n) is 18.8. The van der Waals surface area contributed by atoms with Crippen LogP contribution in [0.1, 0.15) is 73.1 Å². The highest BCUT2D eigenvalue weighted by Crippen LogP contribution is 2.24. The third kappa shape index (κ3) is 14.6. The Hall–Kier alpha value is -1.47. The van der Waals surface area contributed by atoms with Gasteiger partial charge in [-0.15, -0.1) is 0 Å². The zero-order valence-corrected chi connectivity index (χ0v) is 18.8. The SMILES string of the molecule is CC.CC.CCC(=O)CCOCCNC(=O)C1CCC(NC(=O)COC)CC1. The van der Waals surface area contributed by atoms with Crippen molar-refractivity contribution in [1.82, 2.24) is 10.6 Å². The lowest BCUT2D eigenvalue weighted by Gasteiger charge is -2.28. The van der Waals surface area contributed by atoms with E-state index < -0.39 is 0 Å². The van der Waals surface area contributed by atoms with Crippen molar-refractivity contribution in [2.75, 3.05) is 33.5 Å². The fourth-order valence-corrected chi connectivity index (χ4v) is 2.76. The van der Waals surface area contributed by atoms with Crippen LogP contribution in [0.3, 0.4) is 0 Å². The van der Waals surface area contributed by atoms with Gasteiger partial charge in [-0.1, -0.05) is 34.6 Å². The molecule has 0 saturated heterocycles. The van der Waals surface area contributed by atoms with Crippen LogP contribution in [0.15, 0.2) is 0 Å². The molecule has 0 atom stereocenters.